The molecule has 0 radical (unpaired) electrons. The molecule has 0 unspecified atom stereocenters. The summed E-state index contributed by atoms with van der Waals surface area (Å²) in [6.07, 6.45) is 3.18. The SMILES string of the molecule is O=C(NCC1(c2ccc3c(c2)OCO3)CCOCC1)c1cc(-c2ccco2)nn1-c1ccccc1. The van der Waals surface area contributed by atoms with Gasteiger partial charge in [0, 0.05) is 31.2 Å². The van der Waals surface area contributed by atoms with Gasteiger partial charge < -0.3 is 23.9 Å². The summed E-state index contributed by atoms with van der Waals surface area (Å²) >= 11 is 0. The second kappa shape index (κ2) is 8.96. The smallest absolute Gasteiger partial charge is 0.270 e. The van der Waals surface area contributed by atoms with Gasteiger partial charge in [0.25, 0.3) is 5.91 Å². The van der Waals surface area contributed by atoms with Crippen LogP contribution in [-0.4, -0.2) is 42.2 Å². The van der Waals surface area contributed by atoms with Crippen LogP contribution in [0.5, 0.6) is 11.5 Å². The molecule has 35 heavy (non-hydrogen) atoms. The molecule has 1 saturated heterocycles. The average molecular weight is 472 g/mol. The van der Waals surface area contributed by atoms with Crippen LogP contribution >= 0.6 is 0 Å². The Morgan fingerprint density at radius 1 is 0.971 bits per heavy atom. The molecule has 1 fully saturated rings. The summed E-state index contributed by atoms with van der Waals surface area (Å²) in [7, 11) is 0. The summed E-state index contributed by atoms with van der Waals surface area (Å²) in [6, 6.07) is 21.0. The minimum atomic E-state index is -0.268. The van der Waals surface area contributed by atoms with E-state index in [9.17, 15) is 4.79 Å². The van der Waals surface area contributed by atoms with Crippen LogP contribution in [0.2, 0.25) is 0 Å². The fraction of sp³-hybridized carbons (Fsp3) is 0.259. The summed E-state index contributed by atoms with van der Waals surface area (Å²) in [5, 5.41) is 7.85. The Balaban J connectivity index is 1.30. The van der Waals surface area contributed by atoms with Crippen molar-refractivity contribution in [1.29, 1.82) is 0 Å². The lowest BCUT2D eigenvalue weighted by atomic mass is 9.74. The van der Waals surface area contributed by atoms with E-state index in [1.807, 2.05) is 48.5 Å². The number of rotatable bonds is 6. The highest BCUT2D eigenvalue weighted by atomic mass is 16.7. The van der Waals surface area contributed by atoms with E-state index < -0.39 is 0 Å². The number of nitrogens with zero attached hydrogens (tertiary/aromatic N) is 2. The summed E-state index contributed by atoms with van der Waals surface area (Å²) in [6.45, 7) is 1.96. The van der Waals surface area contributed by atoms with Crippen molar-refractivity contribution in [1.82, 2.24) is 15.1 Å². The minimum Gasteiger partial charge on any atom is -0.463 e. The Kier molecular flexibility index (Phi) is 5.50. The van der Waals surface area contributed by atoms with E-state index in [1.54, 1.807) is 23.1 Å². The normalized spacial score (nSPS) is 16.2. The number of amides is 1. The standard InChI is InChI=1S/C27H25N3O5/c31-26(22-16-21(23-7-4-12-33-23)29-30(22)20-5-2-1-3-6-20)28-17-27(10-13-32-14-11-27)19-8-9-24-25(15-19)35-18-34-24/h1-9,12,15-16H,10-11,13-14,17-18H2,(H,28,31). The molecule has 0 bridgehead atoms. The highest BCUT2D eigenvalue weighted by Crippen LogP contribution is 2.40. The zero-order valence-electron chi connectivity index (χ0n) is 19.1. The lowest BCUT2D eigenvalue weighted by molar-refractivity contribution is 0.0486. The number of para-hydroxylation sites is 1. The van der Waals surface area contributed by atoms with E-state index in [1.165, 1.54) is 0 Å². The molecular formula is C27H25N3O5. The van der Waals surface area contributed by atoms with Crippen LogP contribution < -0.4 is 14.8 Å². The van der Waals surface area contributed by atoms with E-state index in [0.717, 1.165) is 35.6 Å². The molecule has 0 aliphatic carbocycles. The number of hydrogen-bond acceptors (Lipinski definition) is 6. The molecular weight excluding hydrogens is 446 g/mol. The quantitative estimate of drug-likeness (QED) is 0.450. The van der Waals surface area contributed by atoms with Crippen LogP contribution in [0.4, 0.5) is 0 Å². The molecule has 2 aromatic heterocycles. The highest BCUT2D eigenvalue weighted by molar-refractivity contribution is 5.94. The molecule has 1 N–H and O–H groups in total. The maximum atomic E-state index is 13.5. The number of benzene rings is 2. The van der Waals surface area contributed by atoms with E-state index >= 15 is 0 Å². The predicted molar refractivity (Wildman–Crippen MR) is 128 cm³/mol. The third-order valence-electron chi connectivity index (χ3n) is 6.74. The lowest BCUT2D eigenvalue weighted by Gasteiger charge is -2.38. The first-order valence-electron chi connectivity index (χ1n) is 11.7. The molecule has 0 atom stereocenters. The fourth-order valence-corrected chi connectivity index (χ4v) is 4.75. The third kappa shape index (κ3) is 4.06. The molecule has 4 aromatic rings. The van der Waals surface area contributed by atoms with Crippen LogP contribution in [-0.2, 0) is 10.2 Å². The molecule has 2 aliphatic heterocycles. The summed E-state index contributed by atoms with van der Waals surface area (Å²) < 4.78 is 23.9. The number of hydrogen-bond donors (Lipinski definition) is 1. The first kappa shape index (κ1) is 21.5. The Labute approximate surface area is 202 Å². The molecule has 1 amide bonds. The first-order chi connectivity index (χ1) is 17.2. The number of ether oxygens (including phenoxy) is 3. The first-order valence-corrected chi connectivity index (χ1v) is 11.7. The topological polar surface area (TPSA) is 87.8 Å². The molecule has 0 saturated carbocycles. The van der Waals surface area contributed by atoms with Gasteiger partial charge >= 0.3 is 0 Å². The molecule has 2 aliphatic rings. The van der Waals surface area contributed by atoms with Gasteiger partial charge in [-0.3, -0.25) is 4.79 Å². The van der Waals surface area contributed by atoms with Crippen molar-refractivity contribution < 1.29 is 23.4 Å². The highest BCUT2D eigenvalue weighted by Gasteiger charge is 2.36. The molecule has 2 aromatic carbocycles. The molecule has 0 spiro atoms. The van der Waals surface area contributed by atoms with Crippen LogP contribution in [0, 0.1) is 0 Å². The fourth-order valence-electron chi connectivity index (χ4n) is 4.75. The number of carbonyl (C=O) groups is 1. The van der Waals surface area contributed by atoms with Crippen molar-refractivity contribution in [3.05, 3.63) is 84.3 Å². The monoisotopic (exact) mass is 471 g/mol. The van der Waals surface area contributed by atoms with E-state index in [2.05, 4.69) is 16.5 Å². The molecule has 8 nitrogen and oxygen atoms in total. The van der Waals surface area contributed by atoms with E-state index in [0.29, 0.717) is 36.9 Å². The molecule has 4 heterocycles. The van der Waals surface area contributed by atoms with Crippen LogP contribution in [0.25, 0.3) is 17.1 Å². The van der Waals surface area contributed by atoms with Gasteiger partial charge in [0.2, 0.25) is 6.79 Å². The largest absolute Gasteiger partial charge is 0.463 e. The summed E-state index contributed by atoms with van der Waals surface area (Å²) in [4.78, 5) is 13.5. The maximum Gasteiger partial charge on any atom is 0.270 e. The van der Waals surface area contributed by atoms with E-state index in [4.69, 9.17) is 18.6 Å². The van der Waals surface area contributed by atoms with Gasteiger partial charge in [0.15, 0.2) is 17.3 Å². The zero-order valence-corrected chi connectivity index (χ0v) is 19.1. The van der Waals surface area contributed by atoms with Crippen molar-refractivity contribution in [3.8, 4) is 28.6 Å². The Morgan fingerprint density at radius 2 is 1.80 bits per heavy atom. The Bertz CT molecular complexity index is 1320. The van der Waals surface area contributed by atoms with Crippen LogP contribution in [0.15, 0.2) is 77.4 Å². The number of nitrogens with one attached hydrogen (secondary N) is 1. The second-order valence-corrected chi connectivity index (χ2v) is 8.78. The van der Waals surface area contributed by atoms with Gasteiger partial charge in [-0.15, -0.1) is 0 Å². The average Bonchev–Trinajstić information content (AvgIpc) is 3.68. The van der Waals surface area contributed by atoms with Crippen molar-refractivity contribution in [2.24, 2.45) is 0 Å². The van der Waals surface area contributed by atoms with Crippen molar-refractivity contribution in [2.45, 2.75) is 18.3 Å². The Hall–Kier alpha value is -4.04. The van der Waals surface area contributed by atoms with Gasteiger partial charge in [-0.25, -0.2) is 4.68 Å². The van der Waals surface area contributed by atoms with Gasteiger partial charge in [0.05, 0.1) is 12.0 Å². The number of aromatic nitrogens is 2. The number of carbonyl (C=O) groups excluding carboxylic acids is 1. The van der Waals surface area contributed by atoms with Crippen LogP contribution in [0.3, 0.4) is 0 Å². The maximum absolute atomic E-state index is 13.5. The van der Waals surface area contributed by atoms with Gasteiger partial charge in [-0.05, 0) is 54.8 Å². The van der Waals surface area contributed by atoms with Crippen LogP contribution in [0.1, 0.15) is 28.9 Å². The van der Waals surface area contributed by atoms with Crippen molar-refractivity contribution >= 4 is 5.91 Å². The lowest BCUT2D eigenvalue weighted by Crippen LogP contribution is -2.45. The Morgan fingerprint density at radius 3 is 2.60 bits per heavy atom. The molecule has 6 rings (SSSR count). The van der Waals surface area contributed by atoms with E-state index in [-0.39, 0.29) is 18.1 Å². The predicted octanol–water partition coefficient (Wildman–Crippen LogP) is 4.34. The van der Waals surface area contributed by atoms with Gasteiger partial charge in [-0.2, -0.15) is 5.10 Å². The zero-order chi connectivity index (χ0) is 23.7. The summed E-state index contributed by atoms with van der Waals surface area (Å²) in [5.74, 6) is 1.89. The third-order valence-corrected chi connectivity index (χ3v) is 6.74. The summed E-state index contributed by atoms with van der Waals surface area (Å²) in [5.41, 5.74) is 2.68. The molecule has 8 heteroatoms. The molecule has 178 valence electrons. The second-order valence-electron chi connectivity index (χ2n) is 8.78. The van der Waals surface area contributed by atoms with Gasteiger partial charge in [-0.1, -0.05) is 24.3 Å². The number of fused-ring (bicyclic) bond motifs is 1. The minimum absolute atomic E-state index is 0.203. The van der Waals surface area contributed by atoms with Gasteiger partial charge in [0.1, 0.15) is 11.4 Å². The van der Waals surface area contributed by atoms with Crippen molar-refractivity contribution in [3.63, 3.8) is 0 Å². The van der Waals surface area contributed by atoms with Crippen molar-refractivity contribution in [2.75, 3.05) is 26.6 Å². The number of furan rings is 1.